The molecule has 1 aliphatic carbocycles. The first-order chi connectivity index (χ1) is 13.6. The Kier molecular flexibility index (Phi) is 7.01. The predicted octanol–water partition coefficient (Wildman–Crippen LogP) is 0.873. The molecule has 0 bridgehead atoms. The minimum atomic E-state index is -0.657. The highest BCUT2D eigenvalue weighted by Gasteiger charge is 2.35. The van der Waals surface area contributed by atoms with Gasteiger partial charge in [0, 0.05) is 32.7 Å². The fourth-order valence-corrected chi connectivity index (χ4v) is 3.91. The summed E-state index contributed by atoms with van der Waals surface area (Å²) in [5.41, 5.74) is 0.430. The number of benzene rings is 1. The van der Waals surface area contributed by atoms with Crippen molar-refractivity contribution < 1.29 is 9.59 Å². The molecule has 2 amide bonds. The quantitative estimate of drug-likeness (QED) is 0.730. The minimum absolute atomic E-state index is 0.0206. The minimum Gasteiger partial charge on any atom is -0.351 e. The zero-order valence-electron chi connectivity index (χ0n) is 16.3. The van der Waals surface area contributed by atoms with Crippen molar-refractivity contribution in [3.8, 4) is 6.07 Å². The Hall–Kier alpha value is -2.43. The smallest absolute Gasteiger partial charge is 0.235 e. The summed E-state index contributed by atoms with van der Waals surface area (Å²) in [5, 5.41) is 15.3. The second-order valence-corrected chi connectivity index (χ2v) is 7.76. The number of hydrogen-bond acceptors (Lipinski definition) is 5. The van der Waals surface area contributed by atoms with Crippen LogP contribution in [0.2, 0.25) is 0 Å². The second-order valence-electron chi connectivity index (χ2n) is 7.76. The van der Waals surface area contributed by atoms with Gasteiger partial charge in [-0.15, -0.1) is 0 Å². The van der Waals surface area contributed by atoms with Crippen molar-refractivity contribution >= 4 is 11.8 Å². The number of rotatable bonds is 7. The summed E-state index contributed by atoms with van der Waals surface area (Å²) in [6.07, 6.45) is 3.50. The first-order valence-corrected chi connectivity index (χ1v) is 10.1. The number of nitrogens with one attached hydrogen (secondary N) is 2. The highest BCUT2D eigenvalue weighted by molar-refractivity contribution is 5.79. The monoisotopic (exact) mass is 383 g/mol. The summed E-state index contributed by atoms with van der Waals surface area (Å²) in [6, 6.07) is 12.2. The Morgan fingerprint density at radius 1 is 0.964 bits per heavy atom. The summed E-state index contributed by atoms with van der Waals surface area (Å²) in [5.74, 6) is -0.0512. The number of carbonyl (C=O) groups is 2. The molecule has 1 aromatic rings. The molecule has 0 aromatic heterocycles. The molecule has 2 N–H and O–H groups in total. The fourth-order valence-electron chi connectivity index (χ4n) is 3.91. The fraction of sp³-hybridized carbons (Fsp3) is 0.571. The van der Waals surface area contributed by atoms with E-state index in [1.165, 1.54) is 0 Å². The van der Waals surface area contributed by atoms with Crippen LogP contribution in [-0.4, -0.2) is 66.4 Å². The number of piperazine rings is 1. The van der Waals surface area contributed by atoms with E-state index < -0.39 is 5.54 Å². The maximum Gasteiger partial charge on any atom is 0.235 e. The van der Waals surface area contributed by atoms with E-state index in [-0.39, 0.29) is 11.8 Å². The lowest BCUT2D eigenvalue weighted by molar-refractivity contribution is -0.125. The average molecular weight is 383 g/mol. The van der Waals surface area contributed by atoms with E-state index in [0.29, 0.717) is 19.6 Å². The molecule has 0 spiro atoms. The van der Waals surface area contributed by atoms with Gasteiger partial charge in [-0.25, -0.2) is 0 Å². The van der Waals surface area contributed by atoms with Crippen molar-refractivity contribution in [2.45, 2.75) is 37.8 Å². The summed E-state index contributed by atoms with van der Waals surface area (Å²) < 4.78 is 0. The number of carbonyl (C=O) groups excluding carboxylic acids is 2. The lowest BCUT2D eigenvalue weighted by Crippen LogP contribution is -2.54. The zero-order valence-corrected chi connectivity index (χ0v) is 16.3. The topological polar surface area (TPSA) is 88.5 Å². The number of nitrogens with zero attached hydrogens (tertiary/aromatic N) is 3. The van der Waals surface area contributed by atoms with Gasteiger partial charge in [0.05, 0.1) is 19.2 Å². The van der Waals surface area contributed by atoms with Crippen LogP contribution in [0.5, 0.6) is 0 Å². The largest absolute Gasteiger partial charge is 0.351 e. The summed E-state index contributed by atoms with van der Waals surface area (Å²) in [6.45, 7) is 4.26. The van der Waals surface area contributed by atoms with E-state index in [4.69, 9.17) is 0 Å². The van der Waals surface area contributed by atoms with E-state index in [2.05, 4.69) is 26.5 Å². The first kappa shape index (κ1) is 20.3. The van der Waals surface area contributed by atoms with Gasteiger partial charge in [-0.3, -0.25) is 19.4 Å². The molecule has 1 aliphatic heterocycles. The Labute approximate surface area is 166 Å². The number of amides is 2. The van der Waals surface area contributed by atoms with Crippen molar-refractivity contribution in [2.75, 3.05) is 39.3 Å². The van der Waals surface area contributed by atoms with Crippen molar-refractivity contribution in [2.24, 2.45) is 0 Å². The molecular weight excluding hydrogens is 354 g/mol. The Balaban J connectivity index is 1.34. The molecule has 0 radical (unpaired) electrons. The Morgan fingerprint density at radius 3 is 2.11 bits per heavy atom. The Morgan fingerprint density at radius 2 is 1.54 bits per heavy atom. The van der Waals surface area contributed by atoms with Gasteiger partial charge in [-0.2, -0.15) is 5.26 Å². The van der Waals surface area contributed by atoms with Gasteiger partial charge in [0.15, 0.2) is 0 Å². The highest BCUT2D eigenvalue weighted by Crippen LogP contribution is 2.28. The van der Waals surface area contributed by atoms with Gasteiger partial charge < -0.3 is 10.6 Å². The molecule has 150 valence electrons. The third-order valence-corrected chi connectivity index (χ3v) is 5.58. The molecule has 7 heteroatoms. The molecule has 0 unspecified atom stereocenters. The second kappa shape index (κ2) is 9.67. The van der Waals surface area contributed by atoms with Gasteiger partial charge in [-0.1, -0.05) is 30.3 Å². The van der Waals surface area contributed by atoms with Crippen molar-refractivity contribution in [1.82, 2.24) is 20.4 Å². The Bertz CT molecular complexity index is 701. The molecule has 7 nitrogen and oxygen atoms in total. The third kappa shape index (κ3) is 5.78. The average Bonchev–Trinajstić information content (AvgIpc) is 3.17. The van der Waals surface area contributed by atoms with Gasteiger partial charge >= 0.3 is 0 Å². The van der Waals surface area contributed by atoms with E-state index >= 15 is 0 Å². The molecule has 0 atom stereocenters. The van der Waals surface area contributed by atoms with Crippen LogP contribution in [0.1, 0.15) is 31.2 Å². The molecule has 2 aliphatic rings. The van der Waals surface area contributed by atoms with E-state index in [1.54, 1.807) is 0 Å². The lowest BCUT2D eigenvalue weighted by atomic mass is 10.00. The molecule has 1 saturated heterocycles. The van der Waals surface area contributed by atoms with Crippen LogP contribution < -0.4 is 10.6 Å². The SMILES string of the molecule is N#CC1(NC(=O)CN2CCN(CC(=O)NCc3ccccc3)CC2)CCCC1. The van der Waals surface area contributed by atoms with E-state index in [1.807, 2.05) is 30.3 Å². The van der Waals surface area contributed by atoms with Crippen LogP contribution in [0.4, 0.5) is 0 Å². The summed E-state index contributed by atoms with van der Waals surface area (Å²) in [4.78, 5) is 28.7. The third-order valence-electron chi connectivity index (χ3n) is 5.58. The van der Waals surface area contributed by atoms with Crippen LogP contribution in [0.3, 0.4) is 0 Å². The molecule has 2 fully saturated rings. The van der Waals surface area contributed by atoms with Crippen LogP contribution in [0, 0.1) is 11.3 Å². The summed E-state index contributed by atoms with van der Waals surface area (Å²) >= 11 is 0. The highest BCUT2D eigenvalue weighted by atomic mass is 16.2. The molecule has 1 heterocycles. The standard InChI is InChI=1S/C21H29N5O2/c22-17-21(8-4-5-9-21)24-20(28)16-26-12-10-25(11-13-26)15-19(27)23-14-18-6-2-1-3-7-18/h1-3,6-7H,4-5,8-16H2,(H,23,27)(H,24,28). The maximum absolute atomic E-state index is 12.3. The van der Waals surface area contributed by atoms with Crippen molar-refractivity contribution in [1.29, 1.82) is 5.26 Å². The molecule has 28 heavy (non-hydrogen) atoms. The normalized spacial score (nSPS) is 19.7. The van der Waals surface area contributed by atoms with Crippen LogP contribution in [0.15, 0.2) is 30.3 Å². The van der Waals surface area contributed by atoms with Gasteiger partial charge in [0.25, 0.3) is 0 Å². The van der Waals surface area contributed by atoms with Gasteiger partial charge in [-0.05, 0) is 31.2 Å². The lowest BCUT2D eigenvalue weighted by Gasteiger charge is -2.34. The van der Waals surface area contributed by atoms with Gasteiger partial charge in [0.1, 0.15) is 5.54 Å². The number of hydrogen-bond donors (Lipinski definition) is 2. The van der Waals surface area contributed by atoms with Crippen molar-refractivity contribution in [3.05, 3.63) is 35.9 Å². The maximum atomic E-state index is 12.3. The van der Waals surface area contributed by atoms with Crippen LogP contribution >= 0.6 is 0 Å². The van der Waals surface area contributed by atoms with E-state index in [0.717, 1.165) is 57.4 Å². The zero-order chi connectivity index (χ0) is 19.8. The van der Waals surface area contributed by atoms with Crippen LogP contribution in [-0.2, 0) is 16.1 Å². The number of nitriles is 1. The van der Waals surface area contributed by atoms with E-state index in [9.17, 15) is 14.9 Å². The summed E-state index contributed by atoms with van der Waals surface area (Å²) in [7, 11) is 0. The molecule has 1 saturated carbocycles. The van der Waals surface area contributed by atoms with Gasteiger partial charge in [0.2, 0.25) is 11.8 Å². The van der Waals surface area contributed by atoms with Crippen molar-refractivity contribution in [3.63, 3.8) is 0 Å². The molecule has 3 rings (SSSR count). The first-order valence-electron chi connectivity index (χ1n) is 10.1. The molecule has 1 aromatic carbocycles. The predicted molar refractivity (Wildman–Crippen MR) is 106 cm³/mol. The molecular formula is C21H29N5O2. The van der Waals surface area contributed by atoms with Crippen LogP contribution in [0.25, 0.3) is 0 Å².